The monoisotopic (exact) mass is 397 g/mol. The van der Waals surface area contributed by atoms with Crippen LogP contribution < -0.4 is 10.2 Å². The van der Waals surface area contributed by atoms with Crippen LogP contribution in [0.3, 0.4) is 0 Å². The highest BCUT2D eigenvalue weighted by Crippen LogP contribution is 2.24. The minimum absolute atomic E-state index is 0.0136. The largest absolute Gasteiger partial charge is 0.349 e. The third-order valence-electron chi connectivity index (χ3n) is 4.83. The molecule has 0 aliphatic carbocycles. The van der Waals surface area contributed by atoms with E-state index in [1.807, 2.05) is 60.1 Å². The van der Waals surface area contributed by atoms with E-state index in [0.29, 0.717) is 10.6 Å². The molecule has 0 saturated carbocycles. The van der Waals surface area contributed by atoms with Gasteiger partial charge in [-0.1, -0.05) is 35.9 Å². The molecule has 0 unspecified atom stereocenters. The number of nitrogens with one attached hydrogen (secondary N) is 1. The third-order valence-corrected chi connectivity index (χ3v) is 5.89. The van der Waals surface area contributed by atoms with Crippen molar-refractivity contribution in [2.24, 2.45) is 0 Å². The van der Waals surface area contributed by atoms with Crippen molar-refractivity contribution in [3.8, 4) is 11.1 Å². The maximum Gasteiger partial charge on any atom is 0.251 e. The van der Waals surface area contributed by atoms with Gasteiger partial charge in [0.2, 0.25) is 0 Å². The van der Waals surface area contributed by atoms with Gasteiger partial charge in [-0.05, 0) is 48.2 Å². The van der Waals surface area contributed by atoms with Gasteiger partial charge in [0.25, 0.3) is 5.91 Å². The molecule has 2 aromatic carbocycles. The van der Waals surface area contributed by atoms with Crippen LogP contribution in [-0.4, -0.2) is 30.0 Å². The van der Waals surface area contributed by atoms with Gasteiger partial charge >= 0.3 is 0 Å². The molecule has 2 heterocycles. The first-order valence-electron chi connectivity index (χ1n) is 9.00. The normalized spacial score (nSPS) is 14.9. The minimum Gasteiger partial charge on any atom is -0.349 e. The highest BCUT2D eigenvalue weighted by Gasteiger charge is 2.22. The summed E-state index contributed by atoms with van der Waals surface area (Å²) in [4.78, 5) is 19.2. The van der Waals surface area contributed by atoms with Crippen molar-refractivity contribution in [2.45, 2.75) is 18.9 Å². The predicted octanol–water partition coefficient (Wildman–Crippen LogP) is 4.86. The van der Waals surface area contributed by atoms with Crippen LogP contribution >= 0.6 is 22.9 Å². The SMILES string of the molecule is O=C(NC1CCN(c2nccs2)CC1)c1ccc(-c2cccc(Cl)c2)cc1. The molecule has 1 amide bonds. The average Bonchev–Trinajstić information content (AvgIpc) is 3.23. The molecule has 1 N–H and O–H groups in total. The quantitative estimate of drug-likeness (QED) is 0.683. The summed E-state index contributed by atoms with van der Waals surface area (Å²) in [6.45, 7) is 1.85. The molecule has 4 nitrogen and oxygen atoms in total. The van der Waals surface area contributed by atoms with Crippen LogP contribution in [0.1, 0.15) is 23.2 Å². The molecule has 138 valence electrons. The van der Waals surface area contributed by atoms with Gasteiger partial charge in [0, 0.05) is 41.3 Å². The molecule has 6 heteroatoms. The molecule has 0 spiro atoms. The molecule has 3 aromatic rings. The maximum absolute atomic E-state index is 12.6. The number of carbonyl (C=O) groups is 1. The number of anilines is 1. The molecule has 1 aliphatic heterocycles. The summed E-state index contributed by atoms with van der Waals surface area (Å²) < 4.78 is 0. The van der Waals surface area contributed by atoms with E-state index < -0.39 is 0 Å². The van der Waals surface area contributed by atoms with Crippen molar-refractivity contribution in [2.75, 3.05) is 18.0 Å². The summed E-state index contributed by atoms with van der Waals surface area (Å²) in [5, 5.41) is 6.93. The molecule has 4 rings (SSSR count). The summed E-state index contributed by atoms with van der Waals surface area (Å²) in [6.07, 6.45) is 3.71. The van der Waals surface area contributed by atoms with Gasteiger partial charge in [-0.25, -0.2) is 4.98 Å². The number of thiazole rings is 1. The van der Waals surface area contributed by atoms with E-state index in [2.05, 4.69) is 15.2 Å². The molecule has 27 heavy (non-hydrogen) atoms. The second kappa shape index (κ2) is 8.11. The number of piperidine rings is 1. The highest BCUT2D eigenvalue weighted by molar-refractivity contribution is 7.13. The Kier molecular flexibility index (Phi) is 5.41. The topological polar surface area (TPSA) is 45.2 Å². The van der Waals surface area contributed by atoms with E-state index in [1.54, 1.807) is 11.3 Å². The highest BCUT2D eigenvalue weighted by atomic mass is 35.5. The van der Waals surface area contributed by atoms with Crippen molar-refractivity contribution in [3.05, 3.63) is 70.7 Å². The maximum atomic E-state index is 12.6. The van der Waals surface area contributed by atoms with Crippen molar-refractivity contribution < 1.29 is 4.79 Å². The van der Waals surface area contributed by atoms with Crippen molar-refractivity contribution >= 4 is 34.0 Å². The molecule has 0 atom stereocenters. The van der Waals surface area contributed by atoms with Crippen LogP contribution in [0.15, 0.2) is 60.1 Å². The van der Waals surface area contributed by atoms with Gasteiger partial charge in [-0.15, -0.1) is 11.3 Å². The first kappa shape index (κ1) is 18.0. The first-order chi connectivity index (χ1) is 13.2. The average molecular weight is 398 g/mol. The Balaban J connectivity index is 1.35. The fourth-order valence-electron chi connectivity index (χ4n) is 3.34. The molecule has 1 fully saturated rings. The molecule has 0 bridgehead atoms. The molecular weight excluding hydrogens is 378 g/mol. The summed E-state index contributed by atoms with van der Waals surface area (Å²) in [6, 6.07) is 15.6. The van der Waals surface area contributed by atoms with Gasteiger partial charge in [0.15, 0.2) is 5.13 Å². The summed E-state index contributed by atoms with van der Waals surface area (Å²) in [7, 11) is 0. The summed E-state index contributed by atoms with van der Waals surface area (Å²) in [5.41, 5.74) is 2.78. The fraction of sp³-hybridized carbons (Fsp3) is 0.238. The number of benzene rings is 2. The lowest BCUT2D eigenvalue weighted by molar-refractivity contribution is 0.0931. The number of nitrogens with zero attached hydrogens (tertiary/aromatic N) is 2. The number of halogens is 1. The van der Waals surface area contributed by atoms with Crippen molar-refractivity contribution in [1.29, 1.82) is 0 Å². The van der Waals surface area contributed by atoms with Crippen LogP contribution in [-0.2, 0) is 0 Å². The van der Waals surface area contributed by atoms with E-state index >= 15 is 0 Å². The number of aromatic nitrogens is 1. The van der Waals surface area contributed by atoms with Crippen molar-refractivity contribution in [1.82, 2.24) is 10.3 Å². The molecule has 1 saturated heterocycles. The van der Waals surface area contributed by atoms with Gasteiger partial charge in [0.05, 0.1) is 0 Å². The fourth-order valence-corrected chi connectivity index (χ4v) is 4.23. The Hall–Kier alpha value is -2.37. The second-order valence-corrected chi connectivity index (χ2v) is 7.95. The van der Waals surface area contributed by atoms with Crippen LogP contribution in [0.4, 0.5) is 5.13 Å². The van der Waals surface area contributed by atoms with Gasteiger partial charge in [-0.3, -0.25) is 4.79 Å². The number of hydrogen-bond donors (Lipinski definition) is 1. The Morgan fingerprint density at radius 1 is 1.11 bits per heavy atom. The molecule has 1 aliphatic rings. The van der Waals surface area contributed by atoms with Crippen LogP contribution in [0, 0.1) is 0 Å². The summed E-state index contributed by atoms with van der Waals surface area (Å²) >= 11 is 7.72. The van der Waals surface area contributed by atoms with Crippen LogP contribution in [0.25, 0.3) is 11.1 Å². The molecular formula is C21H20ClN3OS. The number of rotatable bonds is 4. The standard InChI is InChI=1S/C21H20ClN3OS/c22-18-3-1-2-17(14-18)15-4-6-16(7-5-15)20(26)24-19-8-11-25(12-9-19)21-23-10-13-27-21/h1-7,10,13-14,19H,8-9,11-12H2,(H,24,26). The van der Waals surface area contributed by atoms with Gasteiger partial charge in [-0.2, -0.15) is 0 Å². The van der Waals surface area contributed by atoms with E-state index in [1.165, 1.54) is 0 Å². The second-order valence-electron chi connectivity index (χ2n) is 6.64. The molecule has 0 radical (unpaired) electrons. The Morgan fingerprint density at radius 3 is 2.56 bits per heavy atom. The smallest absolute Gasteiger partial charge is 0.251 e. The zero-order valence-electron chi connectivity index (χ0n) is 14.8. The zero-order chi connectivity index (χ0) is 18.6. The van der Waals surface area contributed by atoms with Crippen LogP contribution in [0.2, 0.25) is 5.02 Å². The lowest BCUT2D eigenvalue weighted by Gasteiger charge is -2.32. The van der Waals surface area contributed by atoms with E-state index in [-0.39, 0.29) is 11.9 Å². The Bertz CT molecular complexity index is 903. The van der Waals surface area contributed by atoms with Crippen LogP contribution in [0.5, 0.6) is 0 Å². The lowest BCUT2D eigenvalue weighted by Crippen LogP contribution is -2.44. The summed E-state index contributed by atoms with van der Waals surface area (Å²) in [5.74, 6) is -0.0136. The lowest BCUT2D eigenvalue weighted by atomic mass is 10.0. The number of hydrogen-bond acceptors (Lipinski definition) is 4. The van der Waals surface area contributed by atoms with Crippen molar-refractivity contribution in [3.63, 3.8) is 0 Å². The molecule has 1 aromatic heterocycles. The number of carbonyl (C=O) groups excluding carboxylic acids is 1. The Labute approximate surface area is 167 Å². The van der Waals surface area contributed by atoms with E-state index in [4.69, 9.17) is 11.6 Å². The van der Waals surface area contributed by atoms with Gasteiger partial charge < -0.3 is 10.2 Å². The minimum atomic E-state index is -0.0136. The predicted molar refractivity (Wildman–Crippen MR) is 112 cm³/mol. The first-order valence-corrected chi connectivity index (χ1v) is 10.3. The Morgan fingerprint density at radius 2 is 1.89 bits per heavy atom. The number of amides is 1. The van der Waals surface area contributed by atoms with E-state index in [0.717, 1.165) is 42.2 Å². The third kappa shape index (κ3) is 4.31. The zero-order valence-corrected chi connectivity index (χ0v) is 16.3. The van der Waals surface area contributed by atoms with E-state index in [9.17, 15) is 4.79 Å². The van der Waals surface area contributed by atoms with Gasteiger partial charge in [0.1, 0.15) is 0 Å².